The van der Waals surface area contributed by atoms with E-state index >= 15 is 0 Å². The summed E-state index contributed by atoms with van der Waals surface area (Å²) in [5.74, 6) is 1.61. The molecule has 2 N–H and O–H groups in total. The Kier molecular flexibility index (Phi) is 5.69. The van der Waals surface area contributed by atoms with E-state index in [1.165, 1.54) is 6.07 Å². The van der Waals surface area contributed by atoms with E-state index in [0.717, 1.165) is 23.6 Å². The van der Waals surface area contributed by atoms with Gasteiger partial charge in [0.1, 0.15) is 5.82 Å². The second-order valence-electron chi connectivity index (χ2n) is 4.89. The van der Waals surface area contributed by atoms with Crippen LogP contribution in [0.3, 0.4) is 0 Å². The summed E-state index contributed by atoms with van der Waals surface area (Å²) in [4.78, 5) is 12.0. The average molecular weight is 317 g/mol. The molecule has 1 aliphatic heterocycles. The number of hydrogen-bond donors (Lipinski definition) is 2. The summed E-state index contributed by atoms with van der Waals surface area (Å²) >= 11 is 7.61. The van der Waals surface area contributed by atoms with Crippen LogP contribution < -0.4 is 10.6 Å². The highest BCUT2D eigenvalue weighted by Crippen LogP contribution is 2.21. The van der Waals surface area contributed by atoms with E-state index in [9.17, 15) is 9.18 Å². The number of carbonyl (C=O) groups is 1. The Hall–Kier alpha value is -0.780. The van der Waals surface area contributed by atoms with Crippen molar-refractivity contribution in [2.45, 2.75) is 25.4 Å². The lowest BCUT2D eigenvalue weighted by Gasteiger charge is -2.23. The Bertz CT molecular complexity index is 480. The zero-order valence-corrected chi connectivity index (χ0v) is 12.9. The van der Waals surface area contributed by atoms with Gasteiger partial charge < -0.3 is 10.6 Å². The number of carbonyl (C=O) groups excluding carboxylic acids is 1. The molecule has 2 rings (SSSR count). The van der Waals surface area contributed by atoms with Gasteiger partial charge in [-0.1, -0.05) is 17.7 Å². The molecule has 1 saturated heterocycles. The normalized spacial score (nSPS) is 20.4. The summed E-state index contributed by atoms with van der Waals surface area (Å²) in [5.41, 5.74) is 0.802. The topological polar surface area (TPSA) is 41.1 Å². The zero-order chi connectivity index (χ0) is 14.5. The molecule has 1 heterocycles. The standard InChI is InChI=1S/C14H18ClFN2OS/c1-9(10-2-3-13(16)12(15)6-10)18-14(19)7-11-8-20-5-4-17-11/h2-3,6,9,11,17H,4-5,7-8H2,1H3,(H,18,19). The van der Waals surface area contributed by atoms with Crippen molar-refractivity contribution >= 4 is 29.3 Å². The maximum absolute atomic E-state index is 13.1. The minimum absolute atomic E-state index is 0.00190. The lowest BCUT2D eigenvalue weighted by atomic mass is 10.1. The van der Waals surface area contributed by atoms with Crippen molar-refractivity contribution in [3.05, 3.63) is 34.6 Å². The van der Waals surface area contributed by atoms with E-state index < -0.39 is 5.82 Å². The third-order valence-electron chi connectivity index (χ3n) is 3.25. The minimum Gasteiger partial charge on any atom is -0.350 e. The van der Waals surface area contributed by atoms with Crippen LogP contribution in [0.5, 0.6) is 0 Å². The first-order chi connectivity index (χ1) is 9.56. The van der Waals surface area contributed by atoms with E-state index in [-0.39, 0.29) is 23.0 Å². The number of hydrogen-bond acceptors (Lipinski definition) is 3. The molecule has 3 nitrogen and oxygen atoms in total. The number of rotatable bonds is 4. The van der Waals surface area contributed by atoms with Crippen LogP contribution >= 0.6 is 23.4 Å². The van der Waals surface area contributed by atoms with Crippen molar-refractivity contribution < 1.29 is 9.18 Å². The van der Waals surface area contributed by atoms with Crippen LogP contribution in [0.2, 0.25) is 5.02 Å². The van der Waals surface area contributed by atoms with E-state index in [4.69, 9.17) is 11.6 Å². The molecule has 1 amide bonds. The maximum atomic E-state index is 13.1. The SMILES string of the molecule is CC(NC(=O)CC1CSCCN1)c1ccc(F)c(Cl)c1. The molecule has 0 saturated carbocycles. The van der Waals surface area contributed by atoms with Gasteiger partial charge in [0.25, 0.3) is 0 Å². The van der Waals surface area contributed by atoms with Gasteiger partial charge in [-0.15, -0.1) is 0 Å². The number of amides is 1. The lowest BCUT2D eigenvalue weighted by molar-refractivity contribution is -0.122. The van der Waals surface area contributed by atoms with E-state index in [0.29, 0.717) is 6.42 Å². The zero-order valence-electron chi connectivity index (χ0n) is 11.3. The van der Waals surface area contributed by atoms with Crippen molar-refractivity contribution in [2.75, 3.05) is 18.1 Å². The highest BCUT2D eigenvalue weighted by Gasteiger charge is 2.18. The van der Waals surface area contributed by atoms with Gasteiger partial charge in [0.2, 0.25) is 5.91 Å². The van der Waals surface area contributed by atoms with Crippen molar-refractivity contribution in [1.29, 1.82) is 0 Å². The van der Waals surface area contributed by atoms with E-state index in [1.807, 2.05) is 18.7 Å². The molecule has 20 heavy (non-hydrogen) atoms. The Morgan fingerprint density at radius 1 is 1.65 bits per heavy atom. The molecule has 1 aromatic carbocycles. The molecular weight excluding hydrogens is 299 g/mol. The molecule has 1 aliphatic rings. The second-order valence-corrected chi connectivity index (χ2v) is 6.45. The molecule has 2 unspecified atom stereocenters. The molecule has 110 valence electrons. The number of nitrogens with one attached hydrogen (secondary N) is 2. The maximum Gasteiger partial charge on any atom is 0.222 e. The van der Waals surface area contributed by atoms with Crippen LogP contribution in [-0.4, -0.2) is 30.0 Å². The summed E-state index contributed by atoms with van der Waals surface area (Å²) in [6.07, 6.45) is 0.465. The Balaban J connectivity index is 1.87. The van der Waals surface area contributed by atoms with Gasteiger partial charge in [-0.2, -0.15) is 11.8 Å². The molecule has 0 aromatic heterocycles. The van der Waals surface area contributed by atoms with Crippen LogP contribution in [0.25, 0.3) is 0 Å². The third kappa shape index (κ3) is 4.36. The van der Waals surface area contributed by atoms with Crippen molar-refractivity contribution in [2.24, 2.45) is 0 Å². The first-order valence-corrected chi connectivity index (χ1v) is 8.15. The van der Waals surface area contributed by atoms with Crippen molar-refractivity contribution in [3.63, 3.8) is 0 Å². The average Bonchev–Trinajstić information content (AvgIpc) is 2.42. The summed E-state index contributed by atoms with van der Waals surface area (Å²) < 4.78 is 13.1. The number of benzene rings is 1. The van der Waals surface area contributed by atoms with Crippen molar-refractivity contribution in [1.82, 2.24) is 10.6 Å². The van der Waals surface area contributed by atoms with Crippen molar-refractivity contribution in [3.8, 4) is 0 Å². The van der Waals surface area contributed by atoms with Gasteiger partial charge >= 0.3 is 0 Å². The van der Waals surface area contributed by atoms with Crippen LogP contribution in [0.4, 0.5) is 4.39 Å². The first kappa shape index (κ1) is 15.6. The van der Waals surface area contributed by atoms with Crippen LogP contribution in [0, 0.1) is 5.82 Å². The Morgan fingerprint density at radius 3 is 3.10 bits per heavy atom. The lowest BCUT2D eigenvalue weighted by Crippen LogP contribution is -2.41. The molecular formula is C14H18ClFN2OS. The Morgan fingerprint density at radius 2 is 2.45 bits per heavy atom. The minimum atomic E-state index is -0.447. The first-order valence-electron chi connectivity index (χ1n) is 6.61. The number of thioether (sulfide) groups is 1. The van der Waals surface area contributed by atoms with Gasteiger partial charge in [0, 0.05) is 30.5 Å². The summed E-state index contributed by atoms with van der Waals surface area (Å²) in [5, 5.41) is 6.33. The monoisotopic (exact) mass is 316 g/mol. The molecule has 0 spiro atoms. The van der Waals surface area contributed by atoms with Crippen LogP contribution in [-0.2, 0) is 4.79 Å². The van der Waals surface area contributed by atoms with Gasteiger partial charge in [0.05, 0.1) is 11.1 Å². The molecule has 1 fully saturated rings. The fourth-order valence-corrected chi connectivity index (χ4v) is 3.28. The predicted octanol–water partition coefficient (Wildman–Crippen LogP) is 2.75. The molecule has 0 radical (unpaired) electrons. The van der Waals surface area contributed by atoms with E-state index in [2.05, 4.69) is 10.6 Å². The second kappa shape index (κ2) is 7.29. The largest absolute Gasteiger partial charge is 0.350 e. The fourth-order valence-electron chi connectivity index (χ4n) is 2.14. The van der Waals surface area contributed by atoms with Crippen LogP contribution in [0.15, 0.2) is 18.2 Å². The highest BCUT2D eigenvalue weighted by atomic mass is 35.5. The van der Waals surface area contributed by atoms with Gasteiger partial charge in [-0.05, 0) is 24.6 Å². The molecule has 6 heteroatoms. The van der Waals surface area contributed by atoms with Gasteiger partial charge in [-0.3, -0.25) is 4.79 Å². The molecule has 2 atom stereocenters. The Labute approximate surface area is 127 Å². The smallest absolute Gasteiger partial charge is 0.222 e. The third-order valence-corrected chi connectivity index (χ3v) is 4.67. The summed E-state index contributed by atoms with van der Waals surface area (Å²) in [6, 6.07) is 4.56. The van der Waals surface area contributed by atoms with Crippen LogP contribution in [0.1, 0.15) is 24.9 Å². The summed E-state index contributed by atoms with van der Waals surface area (Å²) in [6.45, 7) is 2.82. The van der Waals surface area contributed by atoms with Gasteiger partial charge in [-0.25, -0.2) is 4.39 Å². The molecule has 0 aliphatic carbocycles. The van der Waals surface area contributed by atoms with E-state index in [1.54, 1.807) is 12.1 Å². The van der Waals surface area contributed by atoms with Gasteiger partial charge in [0.15, 0.2) is 0 Å². The fraction of sp³-hybridized carbons (Fsp3) is 0.500. The summed E-state index contributed by atoms with van der Waals surface area (Å²) in [7, 11) is 0. The predicted molar refractivity (Wildman–Crippen MR) is 81.7 cm³/mol. The molecule has 1 aromatic rings. The quantitative estimate of drug-likeness (QED) is 0.897. The number of halogens is 2. The molecule has 0 bridgehead atoms. The highest BCUT2D eigenvalue weighted by molar-refractivity contribution is 7.99.